The standard InChI is InChI=1S/C15H18ClNO5S2/c16-11-1-3-13(4-2-11)23-7-5-15(19)22-9-14(18)17-12-6-8-24(20,21)10-12/h1-4,12H,5-10H2,(H,17,18)/t12-/m0/s1. The Bertz CT molecular complexity index is 690. The number of benzene rings is 1. The molecule has 1 fully saturated rings. The highest BCUT2D eigenvalue weighted by atomic mass is 35.5. The smallest absolute Gasteiger partial charge is 0.307 e. The van der Waals surface area contributed by atoms with Crippen LogP contribution >= 0.6 is 23.4 Å². The van der Waals surface area contributed by atoms with Gasteiger partial charge in [0, 0.05) is 21.7 Å². The van der Waals surface area contributed by atoms with Crippen LogP contribution in [0.1, 0.15) is 12.8 Å². The number of nitrogens with one attached hydrogen (secondary N) is 1. The normalized spacial score (nSPS) is 19.0. The van der Waals surface area contributed by atoms with Crippen LogP contribution in [0.2, 0.25) is 5.02 Å². The quantitative estimate of drug-likeness (QED) is 0.561. The summed E-state index contributed by atoms with van der Waals surface area (Å²) in [5.41, 5.74) is 0. The van der Waals surface area contributed by atoms with Gasteiger partial charge in [-0.25, -0.2) is 8.42 Å². The second-order valence-corrected chi connectivity index (χ2v) is 9.21. The van der Waals surface area contributed by atoms with E-state index >= 15 is 0 Å². The molecule has 132 valence electrons. The highest BCUT2D eigenvalue weighted by Crippen LogP contribution is 2.21. The first-order valence-corrected chi connectivity index (χ1v) is 10.6. The maximum atomic E-state index is 11.6. The summed E-state index contributed by atoms with van der Waals surface area (Å²) in [6.07, 6.45) is 0.581. The summed E-state index contributed by atoms with van der Waals surface area (Å²) >= 11 is 7.28. The Hall–Kier alpha value is -1.25. The van der Waals surface area contributed by atoms with Gasteiger partial charge in [-0.2, -0.15) is 0 Å². The van der Waals surface area contributed by atoms with Gasteiger partial charge in [0.05, 0.1) is 17.9 Å². The van der Waals surface area contributed by atoms with Crippen molar-refractivity contribution in [1.29, 1.82) is 0 Å². The van der Waals surface area contributed by atoms with E-state index < -0.39 is 21.7 Å². The predicted molar refractivity (Wildman–Crippen MR) is 93.0 cm³/mol. The van der Waals surface area contributed by atoms with Crippen LogP contribution in [0.25, 0.3) is 0 Å². The maximum Gasteiger partial charge on any atom is 0.307 e. The molecular formula is C15H18ClNO5S2. The van der Waals surface area contributed by atoms with Crippen molar-refractivity contribution < 1.29 is 22.7 Å². The molecule has 0 saturated carbocycles. The van der Waals surface area contributed by atoms with E-state index in [4.69, 9.17) is 16.3 Å². The van der Waals surface area contributed by atoms with Crippen LogP contribution in [0.15, 0.2) is 29.2 Å². The minimum Gasteiger partial charge on any atom is -0.456 e. The topological polar surface area (TPSA) is 89.5 Å². The highest BCUT2D eigenvalue weighted by molar-refractivity contribution is 7.99. The third-order valence-corrected chi connectivity index (χ3v) is 6.38. The number of sulfone groups is 1. The second kappa shape index (κ2) is 8.73. The molecule has 0 aliphatic carbocycles. The predicted octanol–water partition coefficient (Wildman–Crippen LogP) is 1.67. The minimum atomic E-state index is -3.05. The zero-order chi connectivity index (χ0) is 17.6. The Morgan fingerprint density at radius 2 is 2.00 bits per heavy atom. The average molecular weight is 392 g/mol. The van der Waals surface area contributed by atoms with Gasteiger partial charge in [-0.3, -0.25) is 9.59 Å². The van der Waals surface area contributed by atoms with Crippen LogP contribution < -0.4 is 5.32 Å². The molecule has 0 unspecified atom stereocenters. The lowest BCUT2D eigenvalue weighted by molar-refractivity contribution is -0.148. The van der Waals surface area contributed by atoms with E-state index in [-0.39, 0.29) is 30.6 Å². The monoisotopic (exact) mass is 391 g/mol. The number of carbonyl (C=O) groups excluding carboxylic acids is 2. The van der Waals surface area contributed by atoms with Crippen LogP contribution in [-0.2, 0) is 24.2 Å². The van der Waals surface area contributed by atoms with Gasteiger partial charge in [-0.15, -0.1) is 11.8 Å². The molecule has 1 aliphatic rings. The minimum absolute atomic E-state index is 0.0512. The zero-order valence-electron chi connectivity index (χ0n) is 12.9. The van der Waals surface area contributed by atoms with E-state index in [0.717, 1.165) is 4.90 Å². The van der Waals surface area contributed by atoms with Crippen LogP contribution in [0, 0.1) is 0 Å². The van der Waals surface area contributed by atoms with E-state index in [1.807, 2.05) is 12.1 Å². The van der Waals surface area contributed by atoms with Gasteiger partial charge in [0.15, 0.2) is 16.4 Å². The van der Waals surface area contributed by atoms with Crippen molar-refractivity contribution in [2.45, 2.75) is 23.8 Å². The van der Waals surface area contributed by atoms with E-state index in [0.29, 0.717) is 17.2 Å². The van der Waals surface area contributed by atoms with Crippen molar-refractivity contribution in [3.05, 3.63) is 29.3 Å². The Balaban J connectivity index is 1.60. The Kier molecular flexibility index (Phi) is 6.94. The largest absolute Gasteiger partial charge is 0.456 e. The van der Waals surface area contributed by atoms with Crippen LogP contribution in [0.5, 0.6) is 0 Å². The molecule has 1 N–H and O–H groups in total. The first kappa shape index (κ1) is 19.1. The van der Waals surface area contributed by atoms with Gasteiger partial charge in [-0.1, -0.05) is 11.6 Å². The lowest BCUT2D eigenvalue weighted by Crippen LogP contribution is -2.38. The summed E-state index contributed by atoms with van der Waals surface area (Å²) in [5.74, 6) is -0.381. The Labute approximate surface area is 150 Å². The molecule has 6 nitrogen and oxygen atoms in total. The van der Waals surface area contributed by atoms with Crippen molar-refractivity contribution >= 4 is 45.1 Å². The summed E-state index contributed by atoms with van der Waals surface area (Å²) in [6.45, 7) is -0.388. The molecule has 1 aromatic carbocycles. The molecule has 1 aromatic rings. The highest BCUT2D eigenvalue weighted by Gasteiger charge is 2.28. The fraction of sp³-hybridized carbons (Fsp3) is 0.467. The summed E-state index contributed by atoms with van der Waals surface area (Å²) in [4.78, 5) is 24.2. The van der Waals surface area contributed by atoms with E-state index in [1.165, 1.54) is 11.8 Å². The summed E-state index contributed by atoms with van der Waals surface area (Å²) in [6, 6.07) is 6.88. The lowest BCUT2D eigenvalue weighted by atomic mass is 10.2. The van der Waals surface area contributed by atoms with Crippen molar-refractivity contribution in [2.24, 2.45) is 0 Å². The molecule has 1 heterocycles. The number of thioether (sulfide) groups is 1. The molecular weight excluding hydrogens is 374 g/mol. The Morgan fingerprint density at radius 3 is 2.62 bits per heavy atom. The molecule has 0 bridgehead atoms. The first-order valence-electron chi connectivity index (χ1n) is 7.38. The second-order valence-electron chi connectivity index (χ2n) is 5.38. The van der Waals surface area contributed by atoms with Crippen molar-refractivity contribution in [2.75, 3.05) is 23.9 Å². The molecule has 1 amide bonds. The van der Waals surface area contributed by atoms with Gasteiger partial charge in [0.2, 0.25) is 0 Å². The molecule has 24 heavy (non-hydrogen) atoms. The molecule has 2 rings (SSSR count). The number of amides is 1. The molecule has 1 saturated heterocycles. The van der Waals surface area contributed by atoms with E-state index in [1.54, 1.807) is 12.1 Å². The molecule has 0 radical (unpaired) electrons. The Morgan fingerprint density at radius 1 is 1.29 bits per heavy atom. The fourth-order valence-electron chi connectivity index (χ4n) is 2.18. The summed E-state index contributed by atoms with van der Waals surface area (Å²) in [7, 11) is -3.05. The average Bonchev–Trinajstić information content (AvgIpc) is 2.86. The van der Waals surface area contributed by atoms with Gasteiger partial charge in [0.25, 0.3) is 5.91 Å². The number of carbonyl (C=O) groups is 2. The van der Waals surface area contributed by atoms with E-state index in [2.05, 4.69) is 5.32 Å². The number of hydrogen-bond acceptors (Lipinski definition) is 6. The zero-order valence-corrected chi connectivity index (χ0v) is 15.3. The van der Waals surface area contributed by atoms with Gasteiger partial charge >= 0.3 is 5.97 Å². The molecule has 1 aliphatic heterocycles. The van der Waals surface area contributed by atoms with Crippen LogP contribution in [0.3, 0.4) is 0 Å². The third-order valence-electron chi connectivity index (χ3n) is 3.35. The van der Waals surface area contributed by atoms with Crippen molar-refractivity contribution in [3.8, 4) is 0 Å². The van der Waals surface area contributed by atoms with Crippen LogP contribution in [-0.4, -0.2) is 50.2 Å². The third kappa shape index (κ3) is 6.70. The number of hydrogen-bond donors (Lipinski definition) is 1. The number of rotatable bonds is 7. The summed E-state index contributed by atoms with van der Waals surface area (Å²) < 4.78 is 27.5. The van der Waals surface area contributed by atoms with Crippen LogP contribution in [0.4, 0.5) is 0 Å². The number of ether oxygens (including phenoxy) is 1. The number of halogens is 1. The molecule has 0 spiro atoms. The van der Waals surface area contributed by atoms with E-state index in [9.17, 15) is 18.0 Å². The number of esters is 1. The molecule has 1 atom stereocenters. The summed E-state index contributed by atoms with van der Waals surface area (Å²) in [5, 5.41) is 3.22. The molecule has 9 heteroatoms. The maximum absolute atomic E-state index is 11.6. The lowest BCUT2D eigenvalue weighted by Gasteiger charge is -2.11. The van der Waals surface area contributed by atoms with Crippen molar-refractivity contribution in [1.82, 2.24) is 5.32 Å². The van der Waals surface area contributed by atoms with Crippen molar-refractivity contribution in [3.63, 3.8) is 0 Å². The van der Waals surface area contributed by atoms with Gasteiger partial charge in [0.1, 0.15) is 0 Å². The first-order chi connectivity index (χ1) is 11.3. The van der Waals surface area contributed by atoms with Gasteiger partial charge < -0.3 is 10.1 Å². The molecule has 0 aromatic heterocycles. The SMILES string of the molecule is O=C(COC(=O)CCSc1ccc(Cl)cc1)N[C@H]1CCS(=O)(=O)C1. The van der Waals surface area contributed by atoms with Gasteiger partial charge in [-0.05, 0) is 30.7 Å². The fourth-order valence-corrected chi connectivity index (χ4v) is 4.81.